The highest BCUT2D eigenvalue weighted by Gasteiger charge is 2.25. The third-order valence-electron chi connectivity index (χ3n) is 4.00. The Bertz CT molecular complexity index is 334. The molecule has 1 aliphatic carbocycles. The lowest BCUT2D eigenvalue weighted by Crippen LogP contribution is -2.38. The van der Waals surface area contributed by atoms with E-state index in [1.54, 1.807) is 0 Å². The summed E-state index contributed by atoms with van der Waals surface area (Å²) in [7, 11) is 0. The number of aromatic nitrogens is 1. The van der Waals surface area contributed by atoms with Gasteiger partial charge in [-0.25, -0.2) is 0 Å². The summed E-state index contributed by atoms with van der Waals surface area (Å²) in [5.41, 5.74) is 6.30. The Hall–Kier alpha value is -0.920. The third-order valence-corrected chi connectivity index (χ3v) is 4.00. The largest absolute Gasteiger partial charge is 0.323 e. The van der Waals surface area contributed by atoms with Gasteiger partial charge in [0.25, 0.3) is 0 Å². The number of hydrogen-bond acceptors (Lipinski definition) is 1. The van der Waals surface area contributed by atoms with Gasteiger partial charge < -0.3 is 5.43 Å². The van der Waals surface area contributed by atoms with Crippen LogP contribution < -0.4 is 5.43 Å². The first-order chi connectivity index (χ1) is 7.58. The van der Waals surface area contributed by atoms with Crippen molar-refractivity contribution >= 4 is 0 Å². The van der Waals surface area contributed by atoms with Crippen molar-refractivity contribution in [3.63, 3.8) is 0 Å². The Labute approximate surface area is 99.0 Å². The minimum atomic E-state index is 0.640. The topological polar surface area (TPSA) is 17.0 Å². The first-order valence-corrected chi connectivity index (χ1v) is 6.49. The molecule has 2 heteroatoms. The van der Waals surface area contributed by atoms with E-state index in [4.69, 9.17) is 0 Å². The van der Waals surface area contributed by atoms with Crippen LogP contribution in [0.25, 0.3) is 0 Å². The second-order valence-electron chi connectivity index (χ2n) is 5.58. The Morgan fingerprint density at radius 1 is 1.12 bits per heavy atom. The summed E-state index contributed by atoms with van der Waals surface area (Å²) in [6, 6.07) is 5.00. The quantitative estimate of drug-likeness (QED) is 0.807. The summed E-state index contributed by atoms with van der Waals surface area (Å²) < 4.78 is 2.25. The Morgan fingerprint density at radius 2 is 1.75 bits per heavy atom. The van der Waals surface area contributed by atoms with Crippen LogP contribution in [0.2, 0.25) is 0 Å². The fourth-order valence-electron chi connectivity index (χ4n) is 2.90. The molecule has 1 aromatic heterocycles. The van der Waals surface area contributed by atoms with Gasteiger partial charge in [0.15, 0.2) is 0 Å². The summed E-state index contributed by atoms with van der Waals surface area (Å²) in [5, 5.41) is 0. The lowest BCUT2D eigenvalue weighted by molar-refractivity contribution is 0.264. The molecule has 3 atom stereocenters. The smallest absolute Gasteiger partial charge is 0.0450 e. The minimum absolute atomic E-state index is 0.640. The molecule has 0 aromatic carbocycles. The SMILES string of the molecule is Cc1ccc(C)n1NC1CCC(C)CC1C. The zero-order chi connectivity index (χ0) is 11.7. The number of aryl methyl sites for hydroxylation is 2. The Kier molecular flexibility index (Phi) is 3.27. The monoisotopic (exact) mass is 220 g/mol. The molecule has 0 spiro atoms. The van der Waals surface area contributed by atoms with Crippen molar-refractivity contribution in [2.24, 2.45) is 11.8 Å². The predicted molar refractivity (Wildman–Crippen MR) is 69.2 cm³/mol. The van der Waals surface area contributed by atoms with Crippen LogP contribution in [0.4, 0.5) is 0 Å². The molecule has 0 amide bonds. The molecule has 1 heterocycles. The third kappa shape index (κ3) is 2.26. The van der Waals surface area contributed by atoms with E-state index in [1.165, 1.54) is 30.7 Å². The molecule has 1 saturated carbocycles. The van der Waals surface area contributed by atoms with Crippen molar-refractivity contribution in [1.82, 2.24) is 4.68 Å². The lowest BCUT2D eigenvalue weighted by atomic mass is 9.80. The van der Waals surface area contributed by atoms with Gasteiger partial charge in [0.1, 0.15) is 0 Å². The molecular weight excluding hydrogens is 196 g/mol. The number of nitrogens with zero attached hydrogens (tertiary/aromatic N) is 1. The summed E-state index contributed by atoms with van der Waals surface area (Å²) >= 11 is 0. The van der Waals surface area contributed by atoms with Crippen molar-refractivity contribution in [3.8, 4) is 0 Å². The lowest BCUT2D eigenvalue weighted by Gasteiger charge is -2.34. The van der Waals surface area contributed by atoms with E-state index in [0.29, 0.717) is 6.04 Å². The van der Waals surface area contributed by atoms with Gasteiger partial charge in [-0.1, -0.05) is 13.8 Å². The average Bonchev–Trinajstić information content (AvgIpc) is 2.53. The molecule has 2 nitrogen and oxygen atoms in total. The molecular formula is C14H24N2. The van der Waals surface area contributed by atoms with Crippen molar-refractivity contribution in [3.05, 3.63) is 23.5 Å². The molecule has 3 unspecified atom stereocenters. The standard InChI is InChI=1S/C14H24N2/c1-10-5-8-14(11(2)9-10)15-16-12(3)6-7-13(16)4/h6-7,10-11,14-15H,5,8-9H2,1-4H3. The maximum atomic E-state index is 3.68. The second-order valence-corrected chi connectivity index (χ2v) is 5.58. The van der Waals surface area contributed by atoms with E-state index < -0.39 is 0 Å². The highest BCUT2D eigenvalue weighted by Crippen LogP contribution is 2.29. The van der Waals surface area contributed by atoms with Crippen molar-refractivity contribution in [2.75, 3.05) is 5.43 Å². The Morgan fingerprint density at radius 3 is 2.31 bits per heavy atom. The molecule has 2 rings (SSSR count). The minimum Gasteiger partial charge on any atom is -0.323 e. The summed E-state index contributed by atoms with van der Waals surface area (Å²) in [4.78, 5) is 0. The molecule has 90 valence electrons. The fraction of sp³-hybridized carbons (Fsp3) is 0.714. The van der Waals surface area contributed by atoms with Gasteiger partial charge in [0.05, 0.1) is 0 Å². The van der Waals surface area contributed by atoms with E-state index in [-0.39, 0.29) is 0 Å². The predicted octanol–water partition coefficient (Wildman–Crippen LogP) is 3.47. The number of rotatable bonds is 2. The molecule has 1 aromatic rings. The molecule has 0 aliphatic heterocycles. The van der Waals surface area contributed by atoms with E-state index in [2.05, 4.69) is 49.9 Å². The van der Waals surface area contributed by atoms with Crippen molar-refractivity contribution in [1.29, 1.82) is 0 Å². The summed E-state index contributed by atoms with van der Waals surface area (Å²) in [6.45, 7) is 9.08. The average molecular weight is 220 g/mol. The molecule has 16 heavy (non-hydrogen) atoms. The second kappa shape index (κ2) is 4.52. The molecule has 1 N–H and O–H groups in total. The number of hydrogen-bond donors (Lipinski definition) is 1. The van der Waals surface area contributed by atoms with Gasteiger partial charge in [0, 0.05) is 17.4 Å². The van der Waals surface area contributed by atoms with Gasteiger partial charge in [-0.3, -0.25) is 4.68 Å². The molecule has 0 saturated heterocycles. The van der Waals surface area contributed by atoms with Gasteiger partial charge >= 0.3 is 0 Å². The zero-order valence-corrected chi connectivity index (χ0v) is 11.0. The van der Waals surface area contributed by atoms with E-state index in [1.807, 2.05) is 0 Å². The van der Waals surface area contributed by atoms with Crippen LogP contribution in [0.1, 0.15) is 44.5 Å². The van der Waals surface area contributed by atoms with Crippen LogP contribution in [-0.2, 0) is 0 Å². The van der Waals surface area contributed by atoms with Gasteiger partial charge in [-0.2, -0.15) is 0 Å². The zero-order valence-electron chi connectivity index (χ0n) is 11.0. The van der Waals surface area contributed by atoms with Crippen LogP contribution >= 0.6 is 0 Å². The van der Waals surface area contributed by atoms with Crippen molar-refractivity contribution in [2.45, 2.75) is 53.0 Å². The summed E-state index contributed by atoms with van der Waals surface area (Å²) in [6.07, 6.45) is 4.03. The first-order valence-electron chi connectivity index (χ1n) is 6.49. The molecule has 1 aliphatic rings. The highest BCUT2D eigenvalue weighted by molar-refractivity contribution is 5.16. The Balaban J connectivity index is 2.05. The van der Waals surface area contributed by atoms with Crippen LogP contribution in [-0.4, -0.2) is 10.7 Å². The van der Waals surface area contributed by atoms with E-state index in [0.717, 1.165) is 11.8 Å². The van der Waals surface area contributed by atoms with Crippen molar-refractivity contribution < 1.29 is 0 Å². The fourth-order valence-corrected chi connectivity index (χ4v) is 2.90. The van der Waals surface area contributed by atoms with Gasteiger partial charge in [-0.15, -0.1) is 0 Å². The maximum absolute atomic E-state index is 3.68. The van der Waals surface area contributed by atoms with E-state index >= 15 is 0 Å². The molecule has 0 bridgehead atoms. The first kappa shape index (κ1) is 11.6. The maximum Gasteiger partial charge on any atom is 0.0450 e. The van der Waals surface area contributed by atoms with Gasteiger partial charge in [0.2, 0.25) is 0 Å². The van der Waals surface area contributed by atoms with Crippen LogP contribution in [0.5, 0.6) is 0 Å². The van der Waals surface area contributed by atoms with Gasteiger partial charge in [-0.05, 0) is 57.1 Å². The van der Waals surface area contributed by atoms with Crippen LogP contribution in [0, 0.1) is 25.7 Å². The highest BCUT2D eigenvalue weighted by atomic mass is 15.4. The number of nitrogens with one attached hydrogen (secondary N) is 1. The van der Waals surface area contributed by atoms with E-state index in [9.17, 15) is 0 Å². The molecule has 0 radical (unpaired) electrons. The normalized spacial score (nSPS) is 30.4. The summed E-state index contributed by atoms with van der Waals surface area (Å²) in [5.74, 6) is 1.69. The van der Waals surface area contributed by atoms with Crippen LogP contribution in [0.3, 0.4) is 0 Å². The van der Waals surface area contributed by atoms with Crippen LogP contribution in [0.15, 0.2) is 12.1 Å². The molecule has 1 fully saturated rings.